The molecule has 0 radical (unpaired) electrons. The van der Waals surface area contributed by atoms with Crippen molar-refractivity contribution in [2.24, 2.45) is 0 Å². The van der Waals surface area contributed by atoms with E-state index in [2.05, 4.69) is 31.3 Å². The van der Waals surface area contributed by atoms with E-state index in [9.17, 15) is 30.3 Å². The summed E-state index contributed by atoms with van der Waals surface area (Å²) in [5, 5.41) is 54.4. The monoisotopic (exact) mass is 894 g/mol. The van der Waals surface area contributed by atoms with E-state index in [0.717, 1.165) is 38.5 Å². The number of ether oxygens (including phenoxy) is 2. The van der Waals surface area contributed by atoms with E-state index >= 15 is 0 Å². The van der Waals surface area contributed by atoms with Gasteiger partial charge in [0.25, 0.3) is 0 Å². The third kappa shape index (κ3) is 34.6. The van der Waals surface area contributed by atoms with E-state index in [1.165, 1.54) is 199 Å². The number of carbonyl (C=O) groups excluding carboxylic acids is 1. The highest BCUT2D eigenvalue weighted by Gasteiger charge is 2.44. The highest BCUT2D eigenvalue weighted by atomic mass is 16.7. The molecule has 1 fully saturated rings. The van der Waals surface area contributed by atoms with Crippen molar-refractivity contribution >= 4 is 5.91 Å². The van der Waals surface area contributed by atoms with Gasteiger partial charge in [-0.05, 0) is 32.1 Å². The quantitative estimate of drug-likeness (QED) is 0.0261. The first-order valence-electron chi connectivity index (χ1n) is 27.1. The first-order valence-corrected chi connectivity index (χ1v) is 27.1. The molecule has 7 unspecified atom stereocenters. The first kappa shape index (κ1) is 59.7. The van der Waals surface area contributed by atoms with Gasteiger partial charge in [-0.3, -0.25) is 4.79 Å². The Balaban J connectivity index is 2.29. The van der Waals surface area contributed by atoms with E-state index < -0.39 is 49.5 Å². The maximum atomic E-state index is 13.0. The van der Waals surface area contributed by atoms with Crippen LogP contribution in [0, 0.1) is 0 Å². The van der Waals surface area contributed by atoms with Crippen LogP contribution in [0.15, 0.2) is 24.3 Å². The summed E-state index contributed by atoms with van der Waals surface area (Å²) >= 11 is 0. The van der Waals surface area contributed by atoms with Crippen molar-refractivity contribution in [2.75, 3.05) is 13.2 Å². The van der Waals surface area contributed by atoms with Crippen molar-refractivity contribution in [2.45, 2.75) is 301 Å². The molecule has 372 valence electrons. The van der Waals surface area contributed by atoms with Crippen LogP contribution in [0.2, 0.25) is 0 Å². The molecule has 7 atom stereocenters. The van der Waals surface area contributed by atoms with Gasteiger partial charge in [-0.2, -0.15) is 0 Å². The number of carbonyl (C=O) groups is 1. The van der Waals surface area contributed by atoms with Gasteiger partial charge in [0.05, 0.1) is 25.4 Å². The lowest BCUT2D eigenvalue weighted by atomic mass is 9.99. The standard InChI is InChI=1S/C54H103NO8/c1-3-5-7-9-11-13-15-17-19-21-23-24-26-27-29-31-33-35-37-39-41-43-48(57)47(46-62-54-53(61)52(60)51(59)49(45-56)63-54)55-50(58)44-42-40-38-36-34-32-30-28-25-22-20-18-16-14-12-10-8-6-4-2/h33,35,41,43,47-49,51-54,56-57,59-61H,3-32,34,36-40,42,44-46H2,1-2H3,(H,55,58)/b35-33+,43-41+. The number of unbranched alkanes of at least 4 members (excludes halogenated alkanes) is 34. The zero-order valence-electron chi connectivity index (χ0n) is 41.1. The van der Waals surface area contributed by atoms with Crippen LogP contribution < -0.4 is 5.32 Å². The molecule has 1 amide bonds. The molecule has 6 N–H and O–H groups in total. The summed E-state index contributed by atoms with van der Waals surface area (Å²) in [5.41, 5.74) is 0. The predicted molar refractivity (Wildman–Crippen MR) is 263 cm³/mol. The summed E-state index contributed by atoms with van der Waals surface area (Å²) in [4.78, 5) is 13.0. The summed E-state index contributed by atoms with van der Waals surface area (Å²) in [6.45, 7) is 3.79. The Labute approximate surface area is 388 Å². The number of nitrogens with one attached hydrogen (secondary N) is 1. The number of aliphatic hydroxyl groups is 5. The average molecular weight is 894 g/mol. The molecule has 0 bridgehead atoms. The van der Waals surface area contributed by atoms with Crippen LogP contribution in [0.1, 0.15) is 258 Å². The van der Waals surface area contributed by atoms with Crippen LogP contribution in [0.3, 0.4) is 0 Å². The van der Waals surface area contributed by atoms with Crippen LogP contribution in [0.4, 0.5) is 0 Å². The number of allylic oxidation sites excluding steroid dienone is 3. The highest BCUT2D eigenvalue weighted by Crippen LogP contribution is 2.23. The number of aliphatic hydroxyl groups excluding tert-OH is 5. The Morgan fingerprint density at radius 2 is 0.905 bits per heavy atom. The third-order valence-electron chi connectivity index (χ3n) is 13.0. The smallest absolute Gasteiger partial charge is 0.220 e. The Bertz CT molecular complexity index is 1040. The zero-order chi connectivity index (χ0) is 45.9. The van der Waals surface area contributed by atoms with Gasteiger partial charge in [-0.15, -0.1) is 0 Å². The fourth-order valence-corrected chi connectivity index (χ4v) is 8.70. The lowest BCUT2D eigenvalue weighted by molar-refractivity contribution is -0.302. The summed E-state index contributed by atoms with van der Waals surface area (Å²) in [7, 11) is 0. The maximum Gasteiger partial charge on any atom is 0.220 e. The van der Waals surface area contributed by atoms with Crippen molar-refractivity contribution < 1.29 is 39.8 Å². The summed E-state index contributed by atoms with van der Waals surface area (Å²) in [6.07, 6.45) is 48.1. The number of hydrogen-bond acceptors (Lipinski definition) is 8. The molecule has 63 heavy (non-hydrogen) atoms. The zero-order valence-corrected chi connectivity index (χ0v) is 41.1. The minimum atomic E-state index is -1.57. The van der Waals surface area contributed by atoms with Crippen LogP contribution >= 0.6 is 0 Å². The average Bonchev–Trinajstić information content (AvgIpc) is 3.28. The Morgan fingerprint density at radius 1 is 0.524 bits per heavy atom. The third-order valence-corrected chi connectivity index (χ3v) is 13.0. The maximum absolute atomic E-state index is 13.0. The molecule has 1 aliphatic heterocycles. The normalized spacial score (nSPS) is 20.3. The fourth-order valence-electron chi connectivity index (χ4n) is 8.70. The Morgan fingerprint density at radius 3 is 1.33 bits per heavy atom. The van der Waals surface area contributed by atoms with E-state index in [-0.39, 0.29) is 12.5 Å². The summed E-state index contributed by atoms with van der Waals surface area (Å²) < 4.78 is 11.2. The van der Waals surface area contributed by atoms with Crippen molar-refractivity contribution in [3.63, 3.8) is 0 Å². The summed E-state index contributed by atoms with van der Waals surface area (Å²) in [6, 6.07) is -0.818. The van der Waals surface area contributed by atoms with E-state index in [0.29, 0.717) is 6.42 Å². The number of hydrogen-bond donors (Lipinski definition) is 6. The molecule has 0 aromatic carbocycles. The van der Waals surface area contributed by atoms with Crippen LogP contribution in [0.5, 0.6) is 0 Å². The second-order valence-electron chi connectivity index (χ2n) is 19.0. The first-order chi connectivity index (χ1) is 30.8. The second-order valence-corrected chi connectivity index (χ2v) is 19.0. The SMILES string of the molecule is CCCCCCCCCCCCCCCCC/C=C/CC/C=C/C(O)C(COC1OC(CO)C(O)C(O)C1O)NC(=O)CCCCCCCCCCCCCCCCCCCCC. The molecule has 0 aromatic heterocycles. The van der Waals surface area contributed by atoms with Gasteiger partial charge in [0.15, 0.2) is 6.29 Å². The largest absolute Gasteiger partial charge is 0.394 e. The molecular weight excluding hydrogens is 791 g/mol. The Hall–Kier alpha value is -1.33. The molecule has 0 spiro atoms. The van der Waals surface area contributed by atoms with Gasteiger partial charge in [-0.25, -0.2) is 0 Å². The van der Waals surface area contributed by atoms with Crippen LogP contribution in [-0.4, -0.2) is 87.5 Å². The van der Waals surface area contributed by atoms with Gasteiger partial charge in [0.1, 0.15) is 24.4 Å². The molecular formula is C54H103NO8. The van der Waals surface area contributed by atoms with E-state index in [1.807, 2.05) is 6.08 Å². The van der Waals surface area contributed by atoms with Gasteiger partial charge >= 0.3 is 0 Å². The molecule has 1 heterocycles. The van der Waals surface area contributed by atoms with Crippen molar-refractivity contribution in [1.29, 1.82) is 0 Å². The summed E-state index contributed by atoms with van der Waals surface area (Å²) in [5.74, 6) is -0.182. The topological polar surface area (TPSA) is 149 Å². The molecule has 9 nitrogen and oxygen atoms in total. The molecule has 1 rings (SSSR count). The lowest BCUT2D eigenvalue weighted by Crippen LogP contribution is -2.60. The lowest BCUT2D eigenvalue weighted by Gasteiger charge is -2.40. The highest BCUT2D eigenvalue weighted by molar-refractivity contribution is 5.76. The van der Waals surface area contributed by atoms with Gasteiger partial charge < -0.3 is 40.3 Å². The van der Waals surface area contributed by atoms with Crippen LogP contribution in [0.25, 0.3) is 0 Å². The minimum absolute atomic E-state index is 0.182. The molecule has 1 aliphatic rings. The minimum Gasteiger partial charge on any atom is -0.394 e. The van der Waals surface area contributed by atoms with Crippen molar-refractivity contribution in [3.05, 3.63) is 24.3 Å². The molecule has 9 heteroatoms. The van der Waals surface area contributed by atoms with Crippen LogP contribution in [-0.2, 0) is 14.3 Å². The predicted octanol–water partition coefficient (Wildman–Crippen LogP) is 12.6. The molecule has 1 saturated heterocycles. The second kappa shape index (κ2) is 44.5. The number of amides is 1. The Kier molecular flexibility index (Phi) is 42.2. The number of rotatable bonds is 46. The van der Waals surface area contributed by atoms with Crippen molar-refractivity contribution in [1.82, 2.24) is 5.32 Å². The van der Waals surface area contributed by atoms with Gasteiger partial charge in [0, 0.05) is 6.42 Å². The molecule has 0 aromatic rings. The van der Waals surface area contributed by atoms with Crippen molar-refractivity contribution in [3.8, 4) is 0 Å². The van der Waals surface area contributed by atoms with Gasteiger partial charge in [0.2, 0.25) is 5.91 Å². The van der Waals surface area contributed by atoms with E-state index in [4.69, 9.17) is 9.47 Å². The van der Waals surface area contributed by atoms with E-state index in [1.54, 1.807) is 6.08 Å². The molecule has 0 aliphatic carbocycles. The molecule has 0 saturated carbocycles. The fraction of sp³-hybridized carbons (Fsp3) is 0.907. The van der Waals surface area contributed by atoms with Gasteiger partial charge in [-0.1, -0.05) is 244 Å².